The molecule has 0 aromatic rings. The second-order valence-electron chi connectivity index (χ2n) is 5.24. The predicted molar refractivity (Wildman–Crippen MR) is 66.2 cm³/mol. The fourth-order valence-electron chi connectivity index (χ4n) is 2.88. The summed E-state index contributed by atoms with van der Waals surface area (Å²) in [7, 11) is 2.14. The largest absolute Gasteiger partial charge is 0.377 e. The normalized spacial score (nSPS) is 26.1. The first-order chi connectivity index (χ1) is 7.77. The first kappa shape index (κ1) is 11.7. The van der Waals surface area contributed by atoms with E-state index in [0.29, 0.717) is 11.8 Å². The van der Waals surface area contributed by atoms with Crippen LogP contribution in [-0.2, 0) is 4.79 Å². The SMILES string of the molecule is CN(C=C1CCCCC1=O)C1CCCCC1. The summed E-state index contributed by atoms with van der Waals surface area (Å²) in [5.41, 5.74) is 1.07. The van der Waals surface area contributed by atoms with Gasteiger partial charge in [-0.05, 0) is 32.1 Å². The number of nitrogens with zero attached hydrogens (tertiary/aromatic N) is 1. The summed E-state index contributed by atoms with van der Waals surface area (Å²) in [6.45, 7) is 0. The number of ketones is 1. The maximum absolute atomic E-state index is 11.7. The second-order valence-corrected chi connectivity index (χ2v) is 5.24. The van der Waals surface area contributed by atoms with Crippen LogP contribution in [0.3, 0.4) is 0 Å². The van der Waals surface area contributed by atoms with Gasteiger partial charge in [-0.1, -0.05) is 19.3 Å². The quantitative estimate of drug-likeness (QED) is 0.667. The third-order valence-corrected chi connectivity index (χ3v) is 3.97. The van der Waals surface area contributed by atoms with E-state index in [-0.39, 0.29) is 0 Å². The van der Waals surface area contributed by atoms with E-state index in [1.807, 2.05) is 0 Å². The zero-order valence-electron chi connectivity index (χ0n) is 10.4. The van der Waals surface area contributed by atoms with Crippen LogP contribution in [0.15, 0.2) is 11.8 Å². The average Bonchev–Trinajstić information content (AvgIpc) is 2.33. The van der Waals surface area contributed by atoms with Crippen molar-refractivity contribution in [1.82, 2.24) is 4.90 Å². The van der Waals surface area contributed by atoms with E-state index in [9.17, 15) is 4.79 Å². The molecule has 0 atom stereocenters. The number of hydrogen-bond acceptors (Lipinski definition) is 2. The molecular formula is C14H23NO. The lowest BCUT2D eigenvalue weighted by atomic mass is 9.92. The summed E-state index contributed by atoms with van der Waals surface area (Å²) in [6.07, 6.45) is 12.9. The van der Waals surface area contributed by atoms with Gasteiger partial charge in [0.15, 0.2) is 5.78 Å². The van der Waals surface area contributed by atoms with Gasteiger partial charge < -0.3 is 4.90 Å². The minimum absolute atomic E-state index is 0.383. The Bertz CT molecular complexity index is 276. The monoisotopic (exact) mass is 221 g/mol. The van der Waals surface area contributed by atoms with Crippen molar-refractivity contribution >= 4 is 5.78 Å². The van der Waals surface area contributed by atoms with E-state index >= 15 is 0 Å². The van der Waals surface area contributed by atoms with Gasteiger partial charge in [0.25, 0.3) is 0 Å². The van der Waals surface area contributed by atoms with Crippen LogP contribution in [-0.4, -0.2) is 23.8 Å². The summed E-state index contributed by atoms with van der Waals surface area (Å²) in [4.78, 5) is 14.0. The summed E-state index contributed by atoms with van der Waals surface area (Å²) in [6, 6.07) is 0.677. The Morgan fingerprint density at radius 2 is 1.75 bits per heavy atom. The maximum atomic E-state index is 11.7. The standard InChI is InChI=1S/C14H23NO/c1-15(13-8-3-2-4-9-13)11-12-7-5-6-10-14(12)16/h11,13H,2-10H2,1H3. The van der Waals surface area contributed by atoms with Crippen molar-refractivity contribution in [2.24, 2.45) is 0 Å². The van der Waals surface area contributed by atoms with Crippen LogP contribution in [0, 0.1) is 0 Å². The van der Waals surface area contributed by atoms with Crippen molar-refractivity contribution in [2.75, 3.05) is 7.05 Å². The van der Waals surface area contributed by atoms with Gasteiger partial charge >= 0.3 is 0 Å². The number of carbonyl (C=O) groups is 1. The molecule has 0 heterocycles. The minimum atomic E-state index is 0.383. The summed E-state index contributed by atoms with van der Waals surface area (Å²) >= 11 is 0. The summed E-state index contributed by atoms with van der Waals surface area (Å²) in [5, 5.41) is 0. The van der Waals surface area contributed by atoms with Gasteiger partial charge in [-0.2, -0.15) is 0 Å². The molecule has 0 N–H and O–H groups in total. The molecular weight excluding hydrogens is 198 g/mol. The van der Waals surface area contributed by atoms with E-state index in [1.165, 1.54) is 38.5 Å². The molecule has 2 fully saturated rings. The average molecular weight is 221 g/mol. The molecule has 2 aliphatic rings. The van der Waals surface area contributed by atoms with Gasteiger partial charge in [-0.3, -0.25) is 4.79 Å². The maximum Gasteiger partial charge on any atom is 0.160 e. The Balaban J connectivity index is 1.95. The molecule has 90 valence electrons. The van der Waals surface area contributed by atoms with Crippen molar-refractivity contribution in [1.29, 1.82) is 0 Å². The summed E-state index contributed by atoms with van der Waals surface area (Å²) < 4.78 is 0. The lowest BCUT2D eigenvalue weighted by Crippen LogP contribution is -2.30. The molecule has 2 heteroatoms. The van der Waals surface area contributed by atoms with E-state index in [0.717, 1.165) is 24.8 Å². The van der Waals surface area contributed by atoms with Crippen LogP contribution in [0.25, 0.3) is 0 Å². The fraction of sp³-hybridized carbons (Fsp3) is 0.786. The number of allylic oxidation sites excluding steroid dienone is 1. The number of hydrogen-bond donors (Lipinski definition) is 0. The topological polar surface area (TPSA) is 20.3 Å². The number of rotatable bonds is 2. The molecule has 0 bridgehead atoms. The lowest BCUT2D eigenvalue weighted by molar-refractivity contribution is -0.116. The lowest BCUT2D eigenvalue weighted by Gasteiger charge is -2.31. The molecule has 2 rings (SSSR count). The molecule has 2 aliphatic carbocycles. The van der Waals surface area contributed by atoms with E-state index in [1.54, 1.807) is 0 Å². The highest BCUT2D eigenvalue weighted by Crippen LogP contribution is 2.24. The Kier molecular flexibility index (Phi) is 4.03. The van der Waals surface area contributed by atoms with Crippen molar-refractivity contribution in [3.05, 3.63) is 11.8 Å². The van der Waals surface area contributed by atoms with Gasteiger partial charge in [0, 0.05) is 31.3 Å². The number of Topliss-reactive ketones (excluding diaryl/α,β-unsaturated/α-hetero) is 1. The van der Waals surface area contributed by atoms with Crippen LogP contribution < -0.4 is 0 Å². The summed E-state index contributed by atoms with van der Waals surface area (Å²) in [5.74, 6) is 0.383. The van der Waals surface area contributed by atoms with Gasteiger partial charge in [0.05, 0.1) is 0 Å². The molecule has 0 aliphatic heterocycles. The van der Waals surface area contributed by atoms with Gasteiger partial charge in [0.1, 0.15) is 0 Å². The zero-order valence-corrected chi connectivity index (χ0v) is 10.4. The molecule has 0 aromatic carbocycles. The second kappa shape index (κ2) is 5.51. The highest BCUT2D eigenvalue weighted by atomic mass is 16.1. The molecule has 0 spiro atoms. The number of carbonyl (C=O) groups excluding carboxylic acids is 1. The van der Waals surface area contributed by atoms with Crippen LogP contribution in [0.5, 0.6) is 0 Å². The van der Waals surface area contributed by atoms with Gasteiger partial charge in [0.2, 0.25) is 0 Å². The molecule has 0 radical (unpaired) electrons. The van der Waals surface area contributed by atoms with Gasteiger partial charge in [-0.25, -0.2) is 0 Å². The third-order valence-electron chi connectivity index (χ3n) is 3.97. The van der Waals surface area contributed by atoms with Crippen LogP contribution in [0.1, 0.15) is 57.8 Å². The molecule has 0 aromatic heterocycles. The molecule has 0 unspecified atom stereocenters. The van der Waals surface area contributed by atoms with Crippen LogP contribution >= 0.6 is 0 Å². The van der Waals surface area contributed by atoms with E-state index in [2.05, 4.69) is 18.1 Å². The Morgan fingerprint density at radius 3 is 2.44 bits per heavy atom. The van der Waals surface area contributed by atoms with Gasteiger partial charge in [-0.15, -0.1) is 0 Å². The predicted octanol–water partition coefficient (Wildman–Crippen LogP) is 3.28. The van der Waals surface area contributed by atoms with E-state index in [4.69, 9.17) is 0 Å². The van der Waals surface area contributed by atoms with Crippen molar-refractivity contribution < 1.29 is 4.79 Å². The Morgan fingerprint density at radius 1 is 1.06 bits per heavy atom. The minimum Gasteiger partial charge on any atom is -0.377 e. The van der Waals surface area contributed by atoms with Crippen LogP contribution in [0.2, 0.25) is 0 Å². The third kappa shape index (κ3) is 2.87. The zero-order chi connectivity index (χ0) is 11.4. The van der Waals surface area contributed by atoms with Crippen molar-refractivity contribution in [2.45, 2.75) is 63.8 Å². The molecule has 16 heavy (non-hydrogen) atoms. The first-order valence-electron chi connectivity index (χ1n) is 6.73. The Labute approximate surface area is 98.7 Å². The first-order valence-corrected chi connectivity index (χ1v) is 6.73. The van der Waals surface area contributed by atoms with Crippen molar-refractivity contribution in [3.63, 3.8) is 0 Å². The molecule has 0 amide bonds. The Hall–Kier alpha value is -0.790. The smallest absolute Gasteiger partial charge is 0.160 e. The highest BCUT2D eigenvalue weighted by Gasteiger charge is 2.19. The van der Waals surface area contributed by atoms with Crippen LogP contribution in [0.4, 0.5) is 0 Å². The van der Waals surface area contributed by atoms with E-state index < -0.39 is 0 Å². The highest BCUT2D eigenvalue weighted by molar-refractivity contribution is 5.95. The molecule has 2 saturated carbocycles. The van der Waals surface area contributed by atoms with Crippen molar-refractivity contribution in [3.8, 4) is 0 Å². The molecule has 0 saturated heterocycles. The fourth-order valence-corrected chi connectivity index (χ4v) is 2.88. The molecule has 2 nitrogen and oxygen atoms in total.